The summed E-state index contributed by atoms with van der Waals surface area (Å²) in [5, 5.41) is 10.3. The molecular formula is C22H16Cl2N2O2S. The van der Waals surface area contributed by atoms with Gasteiger partial charge in [-0.15, -0.1) is 10.2 Å². The first kappa shape index (κ1) is 19.8. The molecule has 0 fully saturated rings. The molecule has 0 saturated heterocycles. The van der Waals surface area contributed by atoms with Crippen molar-refractivity contribution in [3.05, 3.63) is 94.0 Å². The molecule has 0 aliphatic heterocycles. The molecule has 1 heterocycles. The minimum absolute atomic E-state index is 0.382. The molecule has 0 radical (unpaired) electrons. The normalized spacial score (nSPS) is 10.8. The zero-order valence-corrected chi connectivity index (χ0v) is 17.5. The Hall–Kier alpha value is -2.47. The predicted molar refractivity (Wildman–Crippen MR) is 117 cm³/mol. The monoisotopic (exact) mass is 442 g/mol. The molecule has 3 aromatic carbocycles. The van der Waals surface area contributed by atoms with Crippen LogP contribution in [0, 0.1) is 0 Å². The van der Waals surface area contributed by atoms with Crippen molar-refractivity contribution in [1.82, 2.24) is 10.2 Å². The third-order valence-electron chi connectivity index (χ3n) is 4.14. The fourth-order valence-electron chi connectivity index (χ4n) is 2.65. The lowest BCUT2D eigenvalue weighted by Gasteiger charge is -2.09. The fourth-order valence-corrected chi connectivity index (χ4v) is 3.62. The summed E-state index contributed by atoms with van der Waals surface area (Å²) in [4.78, 5) is 0. The van der Waals surface area contributed by atoms with Crippen LogP contribution in [0.1, 0.15) is 11.1 Å². The minimum atomic E-state index is 0.382. The van der Waals surface area contributed by atoms with Gasteiger partial charge >= 0.3 is 0 Å². The number of halogens is 2. The van der Waals surface area contributed by atoms with Gasteiger partial charge in [-0.1, -0.05) is 65.3 Å². The molecule has 4 nitrogen and oxygen atoms in total. The number of ether oxygens (including phenoxy) is 1. The molecule has 0 unspecified atom stereocenters. The number of hydrogen-bond donors (Lipinski definition) is 0. The van der Waals surface area contributed by atoms with Crippen LogP contribution in [0.3, 0.4) is 0 Å². The second-order valence-corrected chi connectivity index (χ2v) is 7.99. The van der Waals surface area contributed by atoms with E-state index >= 15 is 0 Å². The number of hydrogen-bond acceptors (Lipinski definition) is 5. The molecule has 0 bridgehead atoms. The van der Waals surface area contributed by atoms with E-state index in [-0.39, 0.29) is 0 Å². The number of benzene rings is 3. The summed E-state index contributed by atoms with van der Waals surface area (Å²) in [7, 11) is 0. The molecule has 0 saturated carbocycles. The van der Waals surface area contributed by atoms with Crippen molar-refractivity contribution >= 4 is 35.0 Å². The van der Waals surface area contributed by atoms with Crippen LogP contribution in [0.2, 0.25) is 10.0 Å². The first-order chi connectivity index (χ1) is 14.2. The van der Waals surface area contributed by atoms with Crippen molar-refractivity contribution in [2.45, 2.75) is 17.6 Å². The maximum atomic E-state index is 5.92. The average molecular weight is 443 g/mol. The molecule has 29 heavy (non-hydrogen) atoms. The molecule has 7 heteroatoms. The lowest BCUT2D eigenvalue weighted by atomic mass is 10.1. The molecule has 4 rings (SSSR count). The number of thioether (sulfide) groups is 1. The number of aromatic nitrogens is 2. The number of nitrogens with zero attached hydrogens (tertiary/aromatic N) is 2. The van der Waals surface area contributed by atoms with Crippen molar-refractivity contribution in [2.75, 3.05) is 0 Å². The molecule has 0 atom stereocenters. The Labute approximate surface area is 182 Å². The second kappa shape index (κ2) is 9.35. The van der Waals surface area contributed by atoms with Gasteiger partial charge in [0.15, 0.2) is 0 Å². The highest BCUT2D eigenvalue weighted by molar-refractivity contribution is 7.98. The summed E-state index contributed by atoms with van der Waals surface area (Å²) in [6.07, 6.45) is 0. The maximum Gasteiger partial charge on any atom is 0.277 e. The molecule has 0 aliphatic carbocycles. The van der Waals surface area contributed by atoms with Crippen LogP contribution in [0.15, 0.2) is 82.4 Å². The highest BCUT2D eigenvalue weighted by Crippen LogP contribution is 2.29. The Morgan fingerprint density at radius 3 is 2.28 bits per heavy atom. The Kier molecular flexibility index (Phi) is 6.39. The van der Waals surface area contributed by atoms with Gasteiger partial charge in [-0.3, -0.25) is 0 Å². The van der Waals surface area contributed by atoms with Crippen molar-refractivity contribution in [2.24, 2.45) is 0 Å². The third-order valence-corrected chi connectivity index (χ3v) is 5.53. The van der Waals surface area contributed by atoms with Crippen molar-refractivity contribution in [1.29, 1.82) is 0 Å². The first-order valence-electron chi connectivity index (χ1n) is 8.85. The van der Waals surface area contributed by atoms with Crippen LogP contribution < -0.4 is 4.74 Å². The quantitative estimate of drug-likeness (QED) is 0.290. The Morgan fingerprint density at radius 1 is 0.828 bits per heavy atom. The van der Waals surface area contributed by atoms with Crippen molar-refractivity contribution in [3.8, 4) is 17.2 Å². The SMILES string of the molecule is Clc1ccc(CSc2nnc(-c3ccccc3COc3ccc(Cl)cc3)o2)cc1. The fraction of sp³-hybridized carbons (Fsp3) is 0.0909. The molecule has 0 spiro atoms. The van der Waals surface area contributed by atoms with E-state index in [9.17, 15) is 0 Å². The molecule has 0 N–H and O–H groups in total. The van der Waals surface area contributed by atoms with E-state index in [0.717, 1.165) is 33.2 Å². The van der Waals surface area contributed by atoms with Gasteiger partial charge in [0, 0.05) is 26.9 Å². The van der Waals surface area contributed by atoms with E-state index < -0.39 is 0 Å². The zero-order valence-electron chi connectivity index (χ0n) is 15.2. The molecule has 4 aromatic rings. The van der Waals surface area contributed by atoms with Crippen LogP contribution >= 0.6 is 35.0 Å². The summed E-state index contributed by atoms with van der Waals surface area (Å²) in [5.41, 5.74) is 2.95. The third kappa shape index (κ3) is 5.32. The summed E-state index contributed by atoms with van der Waals surface area (Å²) in [6.45, 7) is 0.382. The molecule has 146 valence electrons. The summed E-state index contributed by atoms with van der Waals surface area (Å²) in [5.74, 6) is 1.94. The summed E-state index contributed by atoms with van der Waals surface area (Å²) < 4.78 is 11.7. The van der Waals surface area contributed by atoms with E-state index in [0.29, 0.717) is 22.7 Å². The van der Waals surface area contributed by atoms with Gasteiger partial charge in [0.1, 0.15) is 12.4 Å². The summed E-state index contributed by atoms with van der Waals surface area (Å²) >= 11 is 13.3. The topological polar surface area (TPSA) is 48.2 Å². The molecule has 0 amide bonds. The lowest BCUT2D eigenvalue weighted by molar-refractivity contribution is 0.306. The number of rotatable bonds is 7. The van der Waals surface area contributed by atoms with Crippen LogP contribution in [0.4, 0.5) is 0 Å². The first-order valence-corrected chi connectivity index (χ1v) is 10.6. The van der Waals surface area contributed by atoms with Crippen LogP contribution in [-0.4, -0.2) is 10.2 Å². The molecular weight excluding hydrogens is 427 g/mol. The van der Waals surface area contributed by atoms with E-state index in [4.69, 9.17) is 32.4 Å². The Balaban J connectivity index is 1.44. The molecule has 1 aromatic heterocycles. The van der Waals surface area contributed by atoms with Gasteiger partial charge in [0.25, 0.3) is 5.22 Å². The average Bonchev–Trinajstić information content (AvgIpc) is 3.22. The van der Waals surface area contributed by atoms with Gasteiger partial charge in [0.2, 0.25) is 5.89 Å². The van der Waals surface area contributed by atoms with Crippen LogP contribution in [-0.2, 0) is 12.4 Å². The van der Waals surface area contributed by atoms with Gasteiger partial charge in [-0.2, -0.15) is 0 Å². The lowest BCUT2D eigenvalue weighted by Crippen LogP contribution is -1.98. The molecule has 0 aliphatic rings. The Bertz CT molecular complexity index is 1080. The van der Waals surface area contributed by atoms with Crippen molar-refractivity contribution < 1.29 is 9.15 Å². The maximum absolute atomic E-state index is 5.92. The second-order valence-electron chi connectivity index (χ2n) is 6.19. The standard InChI is InChI=1S/C22H16Cl2N2O2S/c23-17-7-5-15(6-8-17)14-29-22-26-25-21(28-22)20-4-2-1-3-16(20)13-27-19-11-9-18(24)10-12-19/h1-12H,13-14H2. The largest absolute Gasteiger partial charge is 0.489 e. The smallest absolute Gasteiger partial charge is 0.277 e. The van der Waals surface area contributed by atoms with Crippen LogP contribution in [0.25, 0.3) is 11.5 Å². The highest BCUT2D eigenvalue weighted by Gasteiger charge is 2.13. The zero-order chi connectivity index (χ0) is 20.1. The van der Waals surface area contributed by atoms with Crippen LogP contribution in [0.5, 0.6) is 5.75 Å². The summed E-state index contributed by atoms with van der Waals surface area (Å²) in [6, 6.07) is 22.8. The van der Waals surface area contributed by atoms with E-state index in [2.05, 4.69) is 10.2 Å². The Morgan fingerprint density at radius 2 is 1.52 bits per heavy atom. The van der Waals surface area contributed by atoms with E-state index in [1.54, 1.807) is 12.1 Å². The predicted octanol–water partition coefficient (Wildman–Crippen LogP) is 6.91. The van der Waals surface area contributed by atoms with Gasteiger partial charge in [-0.05, 0) is 48.0 Å². The minimum Gasteiger partial charge on any atom is -0.489 e. The highest BCUT2D eigenvalue weighted by atomic mass is 35.5. The van der Waals surface area contributed by atoms with E-state index in [1.165, 1.54) is 11.8 Å². The van der Waals surface area contributed by atoms with Gasteiger partial charge in [0.05, 0.1) is 0 Å². The van der Waals surface area contributed by atoms with Gasteiger partial charge in [-0.25, -0.2) is 0 Å². The van der Waals surface area contributed by atoms with Crippen molar-refractivity contribution in [3.63, 3.8) is 0 Å². The van der Waals surface area contributed by atoms with E-state index in [1.807, 2.05) is 60.7 Å². The van der Waals surface area contributed by atoms with Gasteiger partial charge < -0.3 is 9.15 Å².